The van der Waals surface area contributed by atoms with Gasteiger partial charge in [0.2, 0.25) is 23.6 Å². The van der Waals surface area contributed by atoms with E-state index in [1.165, 1.54) is 6.92 Å². The van der Waals surface area contributed by atoms with E-state index in [2.05, 4.69) is 26.6 Å². The van der Waals surface area contributed by atoms with Gasteiger partial charge in [-0.3, -0.25) is 19.2 Å². The molecule has 2 aromatic rings. The highest BCUT2D eigenvalue weighted by atomic mass is 16.4. The van der Waals surface area contributed by atoms with Crippen molar-refractivity contribution in [3.63, 3.8) is 0 Å². The van der Waals surface area contributed by atoms with E-state index in [9.17, 15) is 39.3 Å². The Morgan fingerprint density at radius 2 is 1.17 bits per heavy atom. The van der Waals surface area contributed by atoms with Crippen LogP contribution in [0.2, 0.25) is 0 Å². The van der Waals surface area contributed by atoms with Crippen LogP contribution in [-0.4, -0.2) is 81.4 Å². The first-order chi connectivity index (χ1) is 24.6. The average Bonchev–Trinajstić information content (AvgIpc) is 3.06. The number of carboxylic acid groups (broad SMARTS) is 1. The number of carbonyl (C=O) groups is 5. The molecule has 2 rings (SSSR count). The van der Waals surface area contributed by atoms with E-state index in [0.29, 0.717) is 25.8 Å². The number of rotatable bonds is 22. The summed E-state index contributed by atoms with van der Waals surface area (Å²) in [5, 5.41) is 44.4. The van der Waals surface area contributed by atoms with Crippen molar-refractivity contribution in [1.29, 1.82) is 0 Å². The van der Waals surface area contributed by atoms with Gasteiger partial charge in [-0.2, -0.15) is 0 Å². The van der Waals surface area contributed by atoms with Crippen molar-refractivity contribution in [2.45, 2.75) is 116 Å². The number of benzene rings is 2. The van der Waals surface area contributed by atoms with E-state index >= 15 is 0 Å². The molecule has 0 bridgehead atoms. The molecule has 5 amide bonds. The zero-order chi connectivity index (χ0) is 38.6. The van der Waals surface area contributed by atoms with Crippen LogP contribution in [0.15, 0.2) is 72.8 Å². The molecule has 0 aromatic heterocycles. The molecule has 52 heavy (non-hydrogen) atoms. The van der Waals surface area contributed by atoms with Crippen LogP contribution in [0.1, 0.15) is 77.8 Å². The summed E-state index contributed by atoms with van der Waals surface area (Å²) in [5.41, 5.74) is 1.84. The molecule has 13 heteroatoms. The van der Waals surface area contributed by atoms with Gasteiger partial charge in [-0.15, -0.1) is 0 Å². The third-order valence-electron chi connectivity index (χ3n) is 8.22. The topological polar surface area (TPSA) is 206 Å². The average molecular weight is 724 g/mol. The second kappa shape index (κ2) is 22.9. The smallest absolute Gasteiger partial charge is 0.405 e. The molecule has 0 fully saturated rings. The molecule has 8 N–H and O–H groups in total. The molecule has 0 saturated carbocycles. The minimum absolute atomic E-state index is 0.0722. The van der Waals surface area contributed by atoms with Crippen LogP contribution < -0.4 is 26.6 Å². The third kappa shape index (κ3) is 18.0. The van der Waals surface area contributed by atoms with Crippen molar-refractivity contribution in [3.8, 4) is 0 Å². The quantitative estimate of drug-likeness (QED) is 0.0845. The summed E-state index contributed by atoms with van der Waals surface area (Å²) in [7, 11) is 0. The number of aliphatic hydroxyl groups is 2. The van der Waals surface area contributed by atoms with Crippen LogP contribution in [0.25, 0.3) is 0 Å². The van der Waals surface area contributed by atoms with Crippen LogP contribution >= 0.6 is 0 Å². The van der Waals surface area contributed by atoms with Crippen molar-refractivity contribution in [2.24, 2.45) is 11.8 Å². The van der Waals surface area contributed by atoms with Crippen molar-refractivity contribution >= 4 is 29.7 Å². The van der Waals surface area contributed by atoms with Crippen molar-refractivity contribution in [2.75, 3.05) is 0 Å². The molecular weight excluding hydrogens is 666 g/mol. The van der Waals surface area contributed by atoms with Crippen molar-refractivity contribution < 1.29 is 39.3 Å². The second-order valence-electron chi connectivity index (χ2n) is 14.0. The molecule has 0 heterocycles. The second-order valence-corrected chi connectivity index (χ2v) is 14.0. The molecule has 0 aliphatic heterocycles. The van der Waals surface area contributed by atoms with Crippen LogP contribution in [0, 0.1) is 11.8 Å². The highest BCUT2D eigenvalue weighted by Gasteiger charge is 2.29. The van der Waals surface area contributed by atoms with Crippen LogP contribution in [-0.2, 0) is 32.1 Å². The van der Waals surface area contributed by atoms with E-state index in [1.54, 1.807) is 12.2 Å². The Hall–Kier alpha value is -4.75. The number of carbonyl (C=O) groups excluding carboxylic acids is 4. The molecule has 13 nitrogen and oxygen atoms in total. The van der Waals surface area contributed by atoms with E-state index in [-0.39, 0.29) is 37.0 Å². The molecule has 286 valence electrons. The van der Waals surface area contributed by atoms with Crippen LogP contribution in [0.3, 0.4) is 0 Å². The predicted molar refractivity (Wildman–Crippen MR) is 199 cm³/mol. The monoisotopic (exact) mass is 723 g/mol. The van der Waals surface area contributed by atoms with Crippen LogP contribution in [0.4, 0.5) is 4.79 Å². The van der Waals surface area contributed by atoms with Gasteiger partial charge in [0.05, 0.1) is 43.2 Å². The fraction of sp³-hybridized carbons (Fsp3) is 0.513. The van der Waals surface area contributed by atoms with Crippen molar-refractivity contribution in [1.82, 2.24) is 26.6 Å². The molecule has 0 aliphatic rings. The summed E-state index contributed by atoms with van der Waals surface area (Å²) >= 11 is 0. The minimum atomic E-state index is -1.25. The Balaban J connectivity index is 1.92. The first-order valence-electron chi connectivity index (χ1n) is 17.9. The van der Waals surface area contributed by atoms with Gasteiger partial charge in [0.15, 0.2) is 0 Å². The Labute approximate surface area is 307 Å². The molecule has 0 radical (unpaired) electrons. The standard InChI is InChI=1S/C39H57N5O8/c1-25(2)19-31(43-35(47)18-12-17-30(42-39(51)52)21-28-13-8-6-9-14-28)34(46)23-37(49)41-27(5)38(50)44-32(20-26(3)4)33(45)22-36(48)40-24-29-15-10-7-11-16-29/h6-17,25-27,30-34,42,45-46H,18-24H2,1-5H3,(H,40,48)(H,41,49)(H,43,47)(H,44,50)(H,51,52)/b17-12+/t27-,30+,31-,32-,33-,34-/m0/s1. The summed E-state index contributed by atoms with van der Waals surface area (Å²) in [6.07, 6.45) is 0.0689. The Morgan fingerprint density at radius 1 is 0.654 bits per heavy atom. The molecule has 0 aliphatic carbocycles. The first kappa shape index (κ1) is 43.4. The maximum absolute atomic E-state index is 13.1. The Kier molecular flexibility index (Phi) is 19.2. The lowest BCUT2D eigenvalue weighted by Gasteiger charge is -2.28. The number of amides is 5. The van der Waals surface area contributed by atoms with Gasteiger partial charge in [0.25, 0.3) is 0 Å². The summed E-state index contributed by atoms with van der Waals surface area (Å²) in [6.45, 7) is 9.47. The zero-order valence-electron chi connectivity index (χ0n) is 30.9. The van der Waals surface area contributed by atoms with Crippen LogP contribution in [0.5, 0.6) is 0 Å². The van der Waals surface area contributed by atoms with Gasteiger partial charge >= 0.3 is 6.09 Å². The highest BCUT2D eigenvalue weighted by Crippen LogP contribution is 2.14. The van der Waals surface area contributed by atoms with Gasteiger partial charge in [-0.05, 0) is 49.1 Å². The summed E-state index contributed by atoms with van der Waals surface area (Å²) < 4.78 is 0. The number of hydrogen-bond donors (Lipinski definition) is 8. The summed E-state index contributed by atoms with van der Waals surface area (Å²) in [6, 6.07) is 15.6. The van der Waals surface area contributed by atoms with Gasteiger partial charge in [0.1, 0.15) is 6.04 Å². The number of hydrogen-bond acceptors (Lipinski definition) is 7. The molecule has 0 unspecified atom stereocenters. The maximum Gasteiger partial charge on any atom is 0.405 e. The fourth-order valence-electron chi connectivity index (χ4n) is 5.65. The van der Waals surface area contributed by atoms with E-state index in [1.807, 2.05) is 88.4 Å². The van der Waals surface area contributed by atoms with E-state index in [0.717, 1.165) is 11.1 Å². The zero-order valence-corrected chi connectivity index (χ0v) is 30.9. The normalized spacial score (nSPS) is 14.9. The Bertz CT molecular complexity index is 1440. The SMILES string of the molecule is CC(C)C[C@H](NC(=O)C/C=C/[C@H](Cc1ccccc1)NC(=O)O)[C@@H](O)CC(=O)N[C@@H](C)C(=O)N[C@@H](CC(C)C)[C@@H](O)CC(=O)NCc1ccccc1. The van der Waals surface area contributed by atoms with E-state index in [4.69, 9.17) is 0 Å². The molecule has 2 aromatic carbocycles. The number of aliphatic hydroxyl groups excluding tert-OH is 2. The number of nitrogens with one attached hydrogen (secondary N) is 5. The van der Waals surface area contributed by atoms with E-state index < -0.39 is 60.2 Å². The lowest BCUT2D eigenvalue weighted by Crippen LogP contribution is -2.53. The molecule has 0 spiro atoms. The Morgan fingerprint density at radius 3 is 1.71 bits per heavy atom. The molecular formula is C39H57N5O8. The first-order valence-corrected chi connectivity index (χ1v) is 17.9. The fourth-order valence-corrected chi connectivity index (χ4v) is 5.65. The van der Waals surface area contributed by atoms with Crippen molar-refractivity contribution in [3.05, 3.63) is 83.9 Å². The summed E-state index contributed by atoms with van der Waals surface area (Å²) in [4.78, 5) is 62.7. The lowest BCUT2D eigenvalue weighted by molar-refractivity contribution is -0.131. The third-order valence-corrected chi connectivity index (χ3v) is 8.22. The predicted octanol–water partition coefficient (Wildman–Crippen LogP) is 3.20. The molecule has 6 atom stereocenters. The largest absolute Gasteiger partial charge is 0.465 e. The lowest BCUT2D eigenvalue weighted by atomic mass is 9.96. The highest BCUT2D eigenvalue weighted by molar-refractivity contribution is 5.87. The van der Waals surface area contributed by atoms with Gasteiger partial charge in [-0.1, -0.05) is 101 Å². The van der Waals surface area contributed by atoms with Gasteiger partial charge in [-0.25, -0.2) is 4.79 Å². The minimum Gasteiger partial charge on any atom is -0.465 e. The van der Waals surface area contributed by atoms with Gasteiger partial charge < -0.3 is 41.9 Å². The molecule has 0 saturated heterocycles. The summed E-state index contributed by atoms with van der Waals surface area (Å²) in [5.74, 6) is -1.78. The van der Waals surface area contributed by atoms with Gasteiger partial charge in [0, 0.05) is 13.0 Å². The maximum atomic E-state index is 13.1.